The van der Waals surface area contributed by atoms with Gasteiger partial charge in [0.1, 0.15) is 0 Å². The Morgan fingerprint density at radius 3 is 2.76 bits per heavy atom. The molecule has 0 bridgehead atoms. The maximum absolute atomic E-state index is 11.5. The summed E-state index contributed by atoms with van der Waals surface area (Å²) in [5.41, 5.74) is -0.0148. The van der Waals surface area contributed by atoms with Gasteiger partial charge in [-0.05, 0) is 13.3 Å². The fourth-order valence-electron chi connectivity index (χ4n) is 1.74. The fraction of sp³-hybridized carbons (Fsp3) is 0.333. The minimum atomic E-state index is -1.70. The zero-order valence-corrected chi connectivity index (χ0v) is 10.1. The minimum absolute atomic E-state index is 0.126. The van der Waals surface area contributed by atoms with Crippen molar-refractivity contribution in [3.8, 4) is 0 Å². The van der Waals surface area contributed by atoms with Crippen LogP contribution in [0.25, 0.3) is 0 Å². The molecule has 0 fully saturated rings. The summed E-state index contributed by atoms with van der Waals surface area (Å²) in [4.78, 5) is 15.6. The van der Waals surface area contributed by atoms with Crippen LogP contribution in [0.1, 0.15) is 20.3 Å². The molecule has 0 saturated heterocycles. The molecule has 1 heterocycles. The second-order valence-electron chi connectivity index (χ2n) is 4.35. The highest BCUT2D eigenvalue weighted by molar-refractivity contribution is 6.53. The number of hydrogen-bond acceptors (Lipinski definition) is 4. The third kappa shape index (κ3) is 3.25. The van der Waals surface area contributed by atoms with Crippen molar-refractivity contribution < 1.29 is 14.8 Å². The zero-order valence-electron chi connectivity index (χ0n) is 10.1. The average Bonchev–Trinajstić information content (AvgIpc) is 2.38. The lowest BCUT2D eigenvalue weighted by Crippen LogP contribution is -2.21. The molecule has 1 unspecified atom stereocenters. The summed E-state index contributed by atoms with van der Waals surface area (Å²) in [6, 6.07) is 0. The molecular weight excluding hydrogens is 217 g/mol. The third-order valence-electron chi connectivity index (χ3n) is 2.61. The van der Waals surface area contributed by atoms with Gasteiger partial charge in [0, 0.05) is 28.9 Å². The molecule has 0 aromatic carbocycles. The molecule has 1 aliphatic heterocycles. The maximum atomic E-state index is 11.5. The van der Waals surface area contributed by atoms with Crippen molar-refractivity contribution in [2.24, 2.45) is 10.4 Å². The molecule has 2 N–H and O–H groups in total. The van der Waals surface area contributed by atoms with Crippen LogP contribution in [-0.4, -0.2) is 29.2 Å². The summed E-state index contributed by atoms with van der Waals surface area (Å²) in [7, 11) is -1.70. The van der Waals surface area contributed by atoms with Gasteiger partial charge in [0.25, 0.3) is 0 Å². The van der Waals surface area contributed by atoms with E-state index in [4.69, 9.17) is 0 Å². The van der Waals surface area contributed by atoms with E-state index in [-0.39, 0.29) is 11.3 Å². The minimum Gasteiger partial charge on any atom is -0.423 e. The highest BCUT2D eigenvalue weighted by atomic mass is 16.4. The van der Waals surface area contributed by atoms with Crippen LogP contribution in [0.2, 0.25) is 0 Å². The molecule has 90 valence electrons. The quantitative estimate of drug-likeness (QED) is 0.563. The zero-order chi connectivity index (χ0) is 13.1. The third-order valence-corrected chi connectivity index (χ3v) is 2.61. The van der Waals surface area contributed by atoms with Crippen LogP contribution in [0.15, 0.2) is 41.0 Å². The van der Waals surface area contributed by atoms with E-state index in [2.05, 4.69) is 11.6 Å². The van der Waals surface area contributed by atoms with Gasteiger partial charge in [0.15, 0.2) is 5.78 Å². The molecule has 0 aromatic heterocycles. The van der Waals surface area contributed by atoms with Crippen LogP contribution in [0.5, 0.6) is 0 Å². The summed E-state index contributed by atoms with van der Waals surface area (Å²) in [6.45, 7) is 6.96. The number of ketones is 1. The van der Waals surface area contributed by atoms with E-state index < -0.39 is 12.5 Å². The van der Waals surface area contributed by atoms with Crippen molar-refractivity contribution in [3.63, 3.8) is 0 Å². The lowest BCUT2D eigenvalue weighted by Gasteiger charge is -2.19. The summed E-state index contributed by atoms with van der Waals surface area (Å²) >= 11 is 0. The number of carbonyl (C=O) groups is 1. The first kappa shape index (κ1) is 13.6. The highest BCUT2D eigenvalue weighted by Gasteiger charge is 2.28. The van der Waals surface area contributed by atoms with Crippen molar-refractivity contribution in [3.05, 3.63) is 36.0 Å². The summed E-state index contributed by atoms with van der Waals surface area (Å²) in [5, 5.41) is 18.4. The number of allylic oxidation sites excluding steroid dienone is 4. The number of nitrogens with zero attached hydrogens (tertiary/aromatic N) is 1. The fourth-order valence-corrected chi connectivity index (χ4v) is 1.74. The number of rotatable bonds is 4. The van der Waals surface area contributed by atoms with Crippen LogP contribution in [-0.2, 0) is 4.79 Å². The number of hydrogen-bond donors (Lipinski definition) is 2. The molecule has 0 aliphatic carbocycles. The van der Waals surface area contributed by atoms with Crippen LogP contribution in [0.3, 0.4) is 0 Å². The van der Waals surface area contributed by atoms with E-state index in [1.165, 1.54) is 13.1 Å². The van der Waals surface area contributed by atoms with E-state index in [0.717, 1.165) is 0 Å². The molecule has 1 aliphatic rings. The van der Waals surface area contributed by atoms with E-state index >= 15 is 0 Å². The van der Waals surface area contributed by atoms with Crippen molar-refractivity contribution in [1.29, 1.82) is 0 Å². The SMILES string of the molecule is C=CCC1(C)C=NC=C(B(O)O)C(C(C)=O)=C1. The number of aliphatic imine (C=N–C) groups is 1. The van der Waals surface area contributed by atoms with Gasteiger partial charge in [0.2, 0.25) is 0 Å². The molecule has 5 heteroatoms. The van der Waals surface area contributed by atoms with E-state index in [1.54, 1.807) is 18.4 Å². The molecule has 1 rings (SSSR count). The molecule has 4 nitrogen and oxygen atoms in total. The Balaban J connectivity index is 3.25. The predicted molar refractivity (Wildman–Crippen MR) is 68.5 cm³/mol. The van der Waals surface area contributed by atoms with Gasteiger partial charge in [-0.1, -0.05) is 19.1 Å². The largest absolute Gasteiger partial charge is 0.490 e. The number of Topliss-reactive ketones (excluding diaryl/α,β-unsaturated/α-hetero) is 1. The van der Waals surface area contributed by atoms with Crippen molar-refractivity contribution in [2.45, 2.75) is 20.3 Å². The standard InChI is InChI=1S/C12H16BNO3/c1-4-5-12(3)6-10(9(2)15)11(13(16)17)7-14-8-12/h4,6-8,16-17H,1,5H2,2-3H3. The molecule has 17 heavy (non-hydrogen) atoms. The maximum Gasteiger partial charge on any atom is 0.490 e. The Labute approximate surface area is 101 Å². The smallest absolute Gasteiger partial charge is 0.423 e. The summed E-state index contributed by atoms with van der Waals surface area (Å²) in [5.74, 6) is -0.217. The molecule has 0 amide bonds. The average molecular weight is 233 g/mol. The molecule has 0 saturated carbocycles. The topological polar surface area (TPSA) is 69.9 Å². The van der Waals surface area contributed by atoms with E-state index in [9.17, 15) is 14.8 Å². The van der Waals surface area contributed by atoms with E-state index in [1.807, 2.05) is 6.92 Å². The van der Waals surface area contributed by atoms with E-state index in [0.29, 0.717) is 12.0 Å². The van der Waals surface area contributed by atoms with Crippen LogP contribution >= 0.6 is 0 Å². The lowest BCUT2D eigenvalue weighted by molar-refractivity contribution is -0.113. The van der Waals surface area contributed by atoms with Crippen molar-refractivity contribution in [1.82, 2.24) is 0 Å². The van der Waals surface area contributed by atoms with Crippen LogP contribution in [0, 0.1) is 5.41 Å². The highest BCUT2D eigenvalue weighted by Crippen LogP contribution is 2.28. The molecule has 0 aromatic rings. The second-order valence-corrected chi connectivity index (χ2v) is 4.35. The normalized spacial score (nSPS) is 23.5. The predicted octanol–water partition coefficient (Wildman–Crippen LogP) is 1.06. The van der Waals surface area contributed by atoms with Crippen molar-refractivity contribution in [2.75, 3.05) is 0 Å². The number of carbonyl (C=O) groups excluding carboxylic acids is 1. The Kier molecular flexibility index (Phi) is 4.20. The Morgan fingerprint density at radius 1 is 1.65 bits per heavy atom. The van der Waals surface area contributed by atoms with Gasteiger partial charge in [-0.3, -0.25) is 9.79 Å². The molecule has 0 spiro atoms. The van der Waals surface area contributed by atoms with Gasteiger partial charge in [0.05, 0.1) is 0 Å². The Morgan fingerprint density at radius 2 is 2.29 bits per heavy atom. The Hall–Kier alpha value is -1.46. The van der Waals surface area contributed by atoms with Crippen LogP contribution in [0.4, 0.5) is 0 Å². The monoisotopic (exact) mass is 233 g/mol. The van der Waals surface area contributed by atoms with Crippen LogP contribution < -0.4 is 0 Å². The molecule has 0 radical (unpaired) electrons. The first-order chi connectivity index (χ1) is 7.89. The van der Waals surface area contributed by atoms with Crippen molar-refractivity contribution >= 4 is 19.1 Å². The van der Waals surface area contributed by atoms with Gasteiger partial charge < -0.3 is 10.0 Å². The second kappa shape index (κ2) is 5.25. The van der Waals surface area contributed by atoms with Gasteiger partial charge in [-0.25, -0.2) is 0 Å². The van der Waals surface area contributed by atoms with Gasteiger partial charge in [-0.15, -0.1) is 6.58 Å². The first-order valence-electron chi connectivity index (χ1n) is 5.35. The molecule has 1 atom stereocenters. The molecular formula is C12H16BNO3. The van der Waals surface area contributed by atoms with Gasteiger partial charge in [-0.2, -0.15) is 0 Å². The lowest BCUT2D eigenvalue weighted by atomic mass is 9.72. The van der Waals surface area contributed by atoms with Gasteiger partial charge >= 0.3 is 7.12 Å². The summed E-state index contributed by atoms with van der Waals surface area (Å²) < 4.78 is 0. The first-order valence-corrected chi connectivity index (χ1v) is 5.35. The summed E-state index contributed by atoms with van der Waals surface area (Å²) in [6.07, 6.45) is 7.05. The Bertz CT molecular complexity index is 423.